The van der Waals surface area contributed by atoms with Crippen molar-refractivity contribution in [3.8, 4) is 17.2 Å². The Morgan fingerprint density at radius 1 is 0.950 bits per heavy atom. The van der Waals surface area contributed by atoms with Gasteiger partial charge in [0.2, 0.25) is 5.91 Å². The van der Waals surface area contributed by atoms with E-state index in [1.54, 1.807) is 30.3 Å². The number of carbonyl (C=O) groups excluding carboxylic acids is 2. The number of aliphatic hydroxyl groups is 1. The second kappa shape index (κ2) is 17.4. The Morgan fingerprint density at radius 3 is 2.37 bits per heavy atom. The Balaban J connectivity index is 1.35. The lowest BCUT2D eigenvalue weighted by atomic mass is 9.82. The van der Waals surface area contributed by atoms with Crippen LogP contribution in [-0.4, -0.2) is 74.0 Å². The fourth-order valence-corrected chi connectivity index (χ4v) is 13.9. The number of hydrogen-bond donors (Lipinski definition) is 1. The fraction of sp³-hybridized carbons (Fsp3) is 0.408. The molecule has 0 unspecified atom stereocenters. The van der Waals surface area contributed by atoms with Gasteiger partial charge in [0, 0.05) is 36.5 Å². The van der Waals surface area contributed by atoms with Crippen LogP contribution < -0.4 is 25.1 Å². The number of fused-ring (bicyclic) bond motifs is 3. The zero-order valence-corrected chi connectivity index (χ0v) is 37.2. The number of allylic oxidation sites excluding steroid dienone is 3. The molecule has 7 rings (SSSR count). The third-order valence-corrected chi connectivity index (χ3v) is 17.6. The first-order valence-corrected chi connectivity index (χ1v) is 24.1. The number of aromatic nitrogens is 1. The van der Waals surface area contributed by atoms with Gasteiger partial charge in [-0.25, -0.2) is 0 Å². The van der Waals surface area contributed by atoms with Crippen molar-refractivity contribution < 1.29 is 28.9 Å². The lowest BCUT2D eigenvalue weighted by Gasteiger charge is -2.39. The van der Waals surface area contributed by atoms with Crippen LogP contribution in [0.25, 0.3) is 5.69 Å². The molecule has 0 aliphatic carbocycles. The molecule has 60 heavy (non-hydrogen) atoms. The Morgan fingerprint density at radius 2 is 1.68 bits per heavy atom. The summed E-state index contributed by atoms with van der Waals surface area (Å²) < 4.78 is 19.8. The highest BCUT2D eigenvalue weighted by atomic mass is 28.3. The number of nitrogens with zero attached hydrogens (tertiary/aromatic N) is 3. The third kappa shape index (κ3) is 7.79. The molecule has 1 fully saturated rings. The van der Waals surface area contributed by atoms with E-state index < -0.39 is 19.8 Å². The average molecular weight is 830 g/mol. The number of rotatable bonds is 13. The molecule has 4 heterocycles. The number of carbonyl (C=O) groups is 2. The molecule has 0 radical (unpaired) electrons. The molecule has 4 aromatic rings. The second-order valence-corrected chi connectivity index (χ2v) is 22.1. The minimum atomic E-state index is -2.59. The third-order valence-electron chi connectivity index (χ3n) is 13.2. The normalized spacial score (nSPS) is 22.5. The van der Waals surface area contributed by atoms with Crippen molar-refractivity contribution in [2.75, 3.05) is 32.3 Å². The van der Waals surface area contributed by atoms with Crippen molar-refractivity contribution in [2.24, 2.45) is 5.92 Å². The Kier molecular flexibility index (Phi) is 12.4. The monoisotopic (exact) mass is 829 g/mol. The van der Waals surface area contributed by atoms with Gasteiger partial charge in [-0.2, -0.15) is 0 Å². The van der Waals surface area contributed by atoms with Gasteiger partial charge in [0.05, 0.1) is 53.2 Å². The van der Waals surface area contributed by atoms with E-state index in [2.05, 4.69) is 71.1 Å². The van der Waals surface area contributed by atoms with Gasteiger partial charge in [0.1, 0.15) is 5.75 Å². The van der Waals surface area contributed by atoms with Crippen molar-refractivity contribution in [3.05, 3.63) is 135 Å². The minimum Gasteiger partial charge on any atom is -0.497 e. The van der Waals surface area contributed by atoms with Crippen LogP contribution in [-0.2, 0) is 32.9 Å². The Bertz CT molecular complexity index is 2360. The predicted octanol–water partition coefficient (Wildman–Crippen LogP) is 7.45. The number of amides is 2. The van der Waals surface area contributed by atoms with Crippen LogP contribution in [0.15, 0.2) is 113 Å². The molecule has 1 aromatic heterocycles. The number of anilines is 1. The number of hydrogen-bond acceptors (Lipinski definition) is 7. The van der Waals surface area contributed by atoms with Crippen LogP contribution in [0.3, 0.4) is 0 Å². The lowest BCUT2D eigenvalue weighted by Crippen LogP contribution is -2.52. The molecule has 3 aromatic carbocycles. The van der Waals surface area contributed by atoms with Crippen LogP contribution in [0.2, 0.25) is 18.6 Å². The Hall–Kier alpha value is -5.23. The molecule has 0 saturated carbocycles. The largest absolute Gasteiger partial charge is 0.497 e. The number of methoxy groups -OCH3 is 2. The maximum atomic E-state index is 15.5. The van der Waals surface area contributed by atoms with Crippen molar-refractivity contribution in [3.63, 3.8) is 0 Å². The summed E-state index contributed by atoms with van der Waals surface area (Å²) >= 11 is 0. The summed E-state index contributed by atoms with van der Waals surface area (Å²) in [5, 5.41) is 11.7. The molecular weight excluding hydrogens is 771 g/mol. The average Bonchev–Trinajstić information content (AvgIpc) is 3.67. The molecule has 5 atom stereocenters. The van der Waals surface area contributed by atoms with Crippen LogP contribution >= 0.6 is 0 Å². The van der Waals surface area contributed by atoms with Gasteiger partial charge in [0.15, 0.2) is 11.4 Å². The second-order valence-electron chi connectivity index (χ2n) is 17.4. The maximum Gasteiger partial charge on any atom is 0.297 e. The standard InChI is InChI=1S/C49H59N3O7Si/c1-32(2)13-11-14-33(3)24-26-51-42-23-18-37(50-25-12-17-43(58-6)47(50)55)28-41(42)49(48(51)56)34(4)46(60(7,8)40-21-19-39(57-5)20-22-40)44(59-49)29-45(54)52-30-36-16-10-9-15-35(36)27-38(52)31-53/h9-10,12-13,15-25,28,34,38,44,46,53H,11,14,26-27,29-31H2,1-8H3/b33-24+/t34-,38+,44+,46-,49+/m1/s1. The first-order chi connectivity index (χ1) is 28.7. The van der Waals surface area contributed by atoms with Gasteiger partial charge < -0.3 is 29.1 Å². The van der Waals surface area contributed by atoms with Gasteiger partial charge in [-0.1, -0.05) is 84.9 Å². The first-order valence-electron chi connectivity index (χ1n) is 21.1. The van der Waals surface area contributed by atoms with Crippen LogP contribution in [0.4, 0.5) is 5.69 Å². The van der Waals surface area contributed by atoms with Gasteiger partial charge in [-0.3, -0.25) is 19.0 Å². The van der Waals surface area contributed by atoms with Crippen molar-refractivity contribution >= 4 is 30.8 Å². The van der Waals surface area contributed by atoms with E-state index in [9.17, 15) is 14.7 Å². The SMILES string of the molecule is COc1ccc([Si](C)(C)[C@H]2[C@H](CC(=O)N3Cc4ccccc4C[C@H]3CO)O[C@@]3(C(=O)N(C/C=C(\C)CCC=C(C)C)c4ccc(-n5cccc(OC)c5=O)cc43)[C@@H]2C)cc1. The number of aliphatic hydroxyl groups excluding tert-OH is 1. The quantitative estimate of drug-likeness (QED) is 0.110. The first kappa shape index (κ1) is 42.9. The topological polar surface area (TPSA) is 111 Å². The number of ether oxygens (including phenoxy) is 3. The van der Waals surface area contributed by atoms with E-state index in [0.29, 0.717) is 30.8 Å². The maximum absolute atomic E-state index is 15.5. The van der Waals surface area contributed by atoms with Crippen LogP contribution in [0.5, 0.6) is 11.5 Å². The molecule has 1 spiro atoms. The molecule has 0 bridgehead atoms. The molecule has 2 amide bonds. The highest BCUT2D eigenvalue weighted by Crippen LogP contribution is 2.60. The molecular formula is C49H59N3O7Si. The minimum absolute atomic E-state index is 0.0447. The van der Waals surface area contributed by atoms with E-state index in [1.807, 2.05) is 53.4 Å². The highest BCUT2D eigenvalue weighted by Gasteiger charge is 2.66. The van der Waals surface area contributed by atoms with E-state index in [0.717, 1.165) is 40.6 Å². The summed E-state index contributed by atoms with van der Waals surface area (Å²) in [6.45, 7) is 13.6. The van der Waals surface area contributed by atoms with Gasteiger partial charge in [0.25, 0.3) is 11.5 Å². The molecule has 316 valence electrons. The predicted molar refractivity (Wildman–Crippen MR) is 239 cm³/mol. The summed E-state index contributed by atoms with van der Waals surface area (Å²) in [6.07, 6.45) is 7.81. The van der Waals surface area contributed by atoms with E-state index in [1.165, 1.54) is 22.8 Å². The van der Waals surface area contributed by atoms with Crippen LogP contribution in [0, 0.1) is 5.92 Å². The molecule has 1 saturated heterocycles. The molecule has 3 aliphatic heterocycles. The molecule has 11 heteroatoms. The highest BCUT2D eigenvalue weighted by molar-refractivity contribution is 6.91. The van der Waals surface area contributed by atoms with Gasteiger partial charge in [-0.05, 0) is 99.2 Å². The lowest BCUT2D eigenvalue weighted by molar-refractivity contribution is -0.150. The van der Waals surface area contributed by atoms with Crippen molar-refractivity contribution in [1.29, 1.82) is 0 Å². The zero-order chi connectivity index (χ0) is 42.9. The number of pyridine rings is 1. The summed E-state index contributed by atoms with van der Waals surface area (Å²) in [6, 6.07) is 25.0. The van der Waals surface area contributed by atoms with E-state index >= 15 is 4.79 Å². The Labute approximate surface area is 355 Å². The smallest absolute Gasteiger partial charge is 0.297 e. The van der Waals surface area contributed by atoms with Crippen molar-refractivity contribution in [2.45, 2.75) is 96.3 Å². The molecule has 10 nitrogen and oxygen atoms in total. The van der Waals surface area contributed by atoms with Gasteiger partial charge in [-0.15, -0.1) is 0 Å². The summed E-state index contributed by atoms with van der Waals surface area (Å²) in [5.74, 6) is 0.301. The van der Waals surface area contributed by atoms with Crippen LogP contribution in [0.1, 0.15) is 63.6 Å². The molecule has 1 N–H and O–H groups in total. The number of benzene rings is 3. The molecule has 3 aliphatic rings. The van der Waals surface area contributed by atoms with Gasteiger partial charge >= 0.3 is 0 Å². The van der Waals surface area contributed by atoms with E-state index in [4.69, 9.17) is 14.2 Å². The van der Waals surface area contributed by atoms with Crippen molar-refractivity contribution in [1.82, 2.24) is 9.47 Å². The fourth-order valence-electron chi connectivity index (χ4n) is 9.94. The summed E-state index contributed by atoms with van der Waals surface area (Å²) in [4.78, 5) is 47.5. The summed E-state index contributed by atoms with van der Waals surface area (Å²) in [7, 11) is 0.528. The summed E-state index contributed by atoms with van der Waals surface area (Å²) in [5.41, 5.74) is 4.68. The zero-order valence-electron chi connectivity index (χ0n) is 36.2. The van der Waals surface area contributed by atoms with E-state index in [-0.39, 0.29) is 53.7 Å².